The van der Waals surface area contributed by atoms with Crippen LogP contribution in [-0.4, -0.2) is 14.1 Å². The van der Waals surface area contributed by atoms with Gasteiger partial charge in [0.2, 0.25) is 0 Å². The van der Waals surface area contributed by atoms with Crippen LogP contribution in [0, 0.1) is 6.92 Å². The highest BCUT2D eigenvalue weighted by Gasteiger charge is 2.09. The van der Waals surface area contributed by atoms with Gasteiger partial charge in [-0.3, -0.25) is 0 Å². The Hall–Kier alpha value is -0.710. The van der Waals surface area contributed by atoms with Crippen LogP contribution in [0.4, 0.5) is 11.4 Å². The van der Waals surface area contributed by atoms with E-state index in [1.165, 1.54) is 14.2 Å². The molecule has 102 valence electrons. The number of hydrogen-bond donors (Lipinski definition) is 1. The lowest BCUT2D eigenvalue weighted by Crippen LogP contribution is -2.12. The Balaban J connectivity index is 2.17. The van der Waals surface area contributed by atoms with Gasteiger partial charge in [-0.05, 0) is 41.1 Å². The lowest BCUT2D eigenvalue weighted by Gasteiger charge is -2.19. The molecule has 0 aliphatic rings. The summed E-state index contributed by atoms with van der Waals surface area (Å²) in [5, 5.41) is 4.22. The zero-order chi connectivity index (χ0) is 14.0. The third kappa shape index (κ3) is 3.44. The molecule has 0 unspecified atom stereocenters. The van der Waals surface area contributed by atoms with Crippen molar-refractivity contribution in [1.82, 2.24) is 0 Å². The minimum Gasteiger partial charge on any atom is -0.378 e. The first-order chi connectivity index (χ1) is 8.99. The van der Waals surface area contributed by atoms with Crippen molar-refractivity contribution in [2.75, 3.05) is 24.3 Å². The Bertz CT molecular complexity index is 561. The Kier molecular flexibility index (Phi) is 4.76. The topological polar surface area (TPSA) is 15.3 Å². The smallest absolute Gasteiger partial charge is 0.0786 e. The molecule has 2 aromatic rings. The molecule has 0 amide bonds. The lowest BCUT2D eigenvalue weighted by molar-refractivity contribution is 1.11. The first-order valence-corrected chi connectivity index (χ1v) is 7.92. The van der Waals surface area contributed by atoms with Crippen molar-refractivity contribution in [2.45, 2.75) is 13.5 Å². The summed E-state index contributed by atoms with van der Waals surface area (Å²) in [5.74, 6) is 0. The second-order valence-corrected chi connectivity index (χ2v) is 7.10. The highest BCUT2D eigenvalue weighted by Crippen LogP contribution is 2.33. The fourth-order valence-electron chi connectivity index (χ4n) is 1.90. The van der Waals surface area contributed by atoms with E-state index < -0.39 is 0 Å². The van der Waals surface area contributed by atoms with Gasteiger partial charge in [-0.1, -0.05) is 17.7 Å². The molecule has 0 atom stereocenters. The molecule has 0 saturated heterocycles. The normalized spacial score (nSPS) is 10.6. The van der Waals surface area contributed by atoms with Crippen LogP contribution in [0.3, 0.4) is 0 Å². The molecule has 0 aliphatic heterocycles. The fraction of sp³-hybridized carbons (Fsp3) is 0.286. The van der Waals surface area contributed by atoms with Crippen LogP contribution >= 0.6 is 38.9 Å². The van der Waals surface area contributed by atoms with Crippen molar-refractivity contribution in [3.63, 3.8) is 0 Å². The Morgan fingerprint density at radius 1 is 1.37 bits per heavy atom. The standard InChI is InChI=1S/C14H16BrClN2S/c1-9-11(15)7-10(19-9)8-17-13-6-4-5-12(16)14(13)18(2)3/h4-7,17H,8H2,1-3H3. The van der Waals surface area contributed by atoms with Crippen molar-refractivity contribution < 1.29 is 0 Å². The van der Waals surface area contributed by atoms with E-state index in [1.807, 2.05) is 31.1 Å². The molecule has 1 aromatic carbocycles. The summed E-state index contributed by atoms with van der Waals surface area (Å²) >= 11 is 11.6. The van der Waals surface area contributed by atoms with Crippen molar-refractivity contribution in [3.8, 4) is 0 Å². The number of nitrogens with one attached hydrogen (secondary N) is 1. The molecule has 0 saturated carbocycles. The van der Waals surface area contributed by atoms with E-state index in [1.54, 1.807) is 11.3 Å². The third-order valence-electron chi connectivity index (χ3n) is 2.80. The number of nitrogens with zero attached hydrogens (tertiary/aromatic N) is 1. The van der Waals surface area contributed by atoms with Crippen molar-refractivity contribution in [1.29, 1.82) is 0 Å². The van der Waals surface area contributed by atoms with Gasteiger partial charge in [0, 0.05) is 34.9 Å². The summed E-state index contributed by atoms with van der Waals surface area (Å²) in [6, 6.07) is 8.09. The van der Waals surface area contributed by atoms with E-state index >= 15 is 0 Å². The van der Waals surface area contributed by atoms with Crippen molar-refractivity contribution >= 4 is 50.2 Å². The van der Waals surface area contributed by atoms with Gasteiger partial charge in [0.05, 0.1) is 16.4 Å². The molecule has 2 nitrogen and oxygen atoms in total. The Labute approximate surface area is 131 Å². The summed E-state index contributed by atoms with van der Waals surface area (Å²) in [5.41, 5.74) is 2.08. The Morgan fingerprint density at radius 2 is 2.11 bits per heavy atom. The summed E-state index contributed by atoms with van der Waals surface area (Å²) in [7, 11) is 4.00. The lowest BCUT2D eigenvalue weighted by atomic mass is 10.2. The van der Waals surface area contributed by atoms with Crippen LogP contribution < -0.4 is 10.2 Å². The van der Waals surface area contributed by atoms with Gasteiger partial charge >= 0.3 is 0 Å². The van der Waals surface area contributed by atoms with Gasteiger partial charge in [-0.25, -0.2) is 0 Å². The quantitative estimate of drug-likeness (QED) is 0.812. The predicted molar refractivity (Wildman–Crippen MR) is 89.9 cm³/mol. The molecule has 1 N–H and O–H groups in total. The van der Waals surface area contributed by atoms with Gasteiger partial charge in [-0.2, -0.15) is 0 Å². The van der Waals surface area contributed by atoms with Crippen LogP contribution in [0.15, 0.2) is 28.7 Å². The van der Waals surface area contributed by atoms with Crippen LogP contribution in [0.1, 0.15) is 9.75 Å². The molecule has 1 heterocycles. The molecular weight excluding hydrogens is 344 g/mol. The second kappa shape index (κ2) is 6.16. The fourth-order valence-corrected chi connectivity index (χ4v) is 3.78. The van der Waals surface area contributed by atoms with E-state index in [2.05, 4.69) is 40.3 Å². The molecule has 0 bridgehead atoms. The number of rotatable bonds is 4. The number of halogens is 2. The maximum atomic E-state index is 6.25. The molecule has 1 aromatic heterocycles. The molecular formula is C14H16BrClN2S. The average Bonchev–Trinajstić information content (AvgIpc) is 2.65. The molecule has 0 radical (unpaired) electrons. The molecule has 19 heavy (non-hydrogen) atoms. The van der Waals surface area contributed by atoms with E-state index in [0.29, 0.717) is 0 Å². The van der Waals surface area contributed by atoms with Crippen LogP contribution in [0.25, 0.3) is 0 Å². The predicted octanol–water partition coefficient (Wildman–Crippen LogP) is 5.15. The molecule has 0 spiro atoms. The SMILES string of the molecule is Cc1sc(CNc2cccc(Cl)c2N(C)C)cc1Br. The van der Waals surface area contributed by atoms with Crippen molar-refractivity contribution in [2.24, 2.45) is 0 Å². The summed E-state index contributed by atoms with van der Waals surface area (Å²) in [6.45, 7) is 2.92. The maximum absolute atomic E-state index is 6.25. The van der Waals surface area contributed by atoms with Crippen LogP contribution in [0.5, 0.6) is 0 Å². The highest BCUT2D eigenvalue weighted by atomic mass is 79.9. The van der Waals surface area contributed by atoms with E-state index in [-0.39, 0.29) is 0 Å². The van der Waals surface area contributed by atoms with Crippen LogP contribution in [-0.2, 0) is 6.54 Å². The van der Waals surface area contributed by atoms with Gasteiger partial charge in [0.1, 0.15) is 0 Å². The maximum Gasteiger partial charge on any atom is 0.0786 e. The summed E-state index contributed by atoms with van der Waals surface area (Å²) in [4.78, 5) is 4.63. The van der Waals surface area contributed by atoms with Crippen LogP contribution in [0.2, 0.25) is 5.02 Å². The number of para-hydroxylation sites is 1. The van der Waals surface area contributed by atoms with Gasteiger partial charge < -0.3 is 10.2 Å². The van der Waals surface area contributed by atoms with Crippen molar-refractivity contribution in [3.05, 3.63) is 43.5 Å². The molecule has 2 rings (SSSR count). The number of benzene rings is 1. The monoisotopic (exact) mass is 358 g/mol. The number of aryl methyl sites for hydroxylation is 1. The van der Waals surface area contributed by atoms with E-state index in [4.69, 9.17) is 11.6 Å². The first-order valence-electron chi connectivity index (χ1n) is 5.93. The molecule has 5 heteroatoms. The van der Waals surface area contributed by atoms with Gasteiger partial charge in [0.25, 0.3) is 0 Å². The average molecular weight is 360 g/mol. The number of anilines is 2. The molecule has 0 fully saturated rings. The zero-order valence-electron chi connectivity index (χ0n) is 11.1. The number of hydrogen-bond acceptors (Lipinski definition) is 3. The molecule has 0 aliphatic carbocycles. The van der Waals surface area contributed by atoms with E-state index in [0.717, 1.165) is 22.9 Å². The zero-order valence-corrected chi connectivity index (χ0v) is 14.3. The van der Waals surface area contributed by atoms with E-state index in [9.17, 15) is 0 Å². The Morgan fingerprint density at radius 3 is 2.68 bits per heavy atom. The minimum atomic E-state index is 0.763. The summed E-state index contributed by atoms with van der Waals surface area (Å²) in [6.07, 6.45) is 0. The largest absolute Gasteiger partial charge is 0.378 e. The van der Waals surface area contributed by atoms with Gasteiger partial charge in [-0.15, -0.1) is 11.3 Å². The van der Waals surface area contributed by atoms with Gasteiger partial charge in [0.15, 0.2) is 0 Å². The minimum absolute atomic E-state index is 0.763. The first kappa shape index (κ1) is 14.7. The highest BCUT2D eigenvalue weighted by molar-refractivity contribution is 9.10. The summed E-state index contributed by atoms with van der Waals surface area (Å²) < 4.78 is 1.17. The third-order valence-corrected chi connectivity index (χ3v) is 5.24. The number of thiophene rings is 1. The second-order valence-electron chi connectivity index (χ2n) is 4.50.